The number of nitrogens with zero attached hydrogens (tertiary/aromatic N) is 2. The molecule has 0 saturated carbocycles. The largest absolute Gasteiger partial charge is 0.351 e. The molecule has 0 spiro atoms. The Bertz CT molecular complexity index is 878. The van der Waals surface area contributed by atoms with E-state index in [1.807, 2.05) is 54.2 Å². The van der Waals surface area contributed by atoms with Crippen molar-refractivity contribution in [3.63, 3.8) is 0 Å². The molecular formula is C19H19N3O2S. The number of aromatic nitrogens is 1. The second-order valence-electron chi connectivity index (χ2n) is 6.28. The molecule has 0 unspecified atom stereocenters. The van der Waals surface area contributed by atoms with Crippen molar-refractivity contribution in [2.45, 2.75) is 26.8 Å². The monoisotopic (exact) mass is 353 g/mol. The first-order chi connectivity index (χ1) is 11.9. The number of carbonyl (C=O) groups is 2. The maximum Gasteiger partial charge on any atom is 0.270 e. The molecule has 1 saturated heterocycles. The zero-order chi connectivity index (χ0) is 18.1. The lowest BCUT2D eigenvalue weighted by Gasteiger charge is -2.28. The summed E-state index contributed by atoms with van der Waals surface area (Å²) >= 11 is 5.19. The number of carbonyl (C=O) groups excluding carboxylic acids is 2. The molecule has 0 bridgehead atoms. The van der Waals surface area contributed by atoms with Gasteiger partial charge in [0.2, 0.25) is 0 Å². The van der Waals surface area contributed by atoms with Gasteiger partial charge < -0.3 is 4.57 Å². The standard InChI is InChI=1S/C19H19N3O2S/c1-12(2)21-9-8-14(11-21)10-16-17(23)20-19(25)22(18(16)24)15-6-4-13(3)5-7-15/h4-12H,1-3H3,(H,20,23,25)/b16-10-. The van der Waals surface area contributed by atoms with Gasteiger partial charge in [-0.15, -0.1) is 0 Å². The first-order valence-electron chi connectivity index (χ1n) is 8.02. The highest BCUT2D eigenvalue weighted by Gasteiger charge is 2.34. The molecule has 128 valence electrons. The first-order valence-corrected chi connectivity index (χ1v) is 8.43. The van der Waals surface area contributed by atoms with Crippen molar-refractivity contribution in [3.8, 4) is 0 Å². The van der Waals surface area contributed by atoms with E-state index in [1.54, 1.807) is 6.08 Å². The van der Waals surface area contributed by atoms with Crippen molar-refractivity contribution in [2.75, 3.05) is 4.90 Å². The highest BCUT2D eigenvalue weighted by Crippen LogP contribution is 2.22. The molecule has 6 heteroatoms. The molecule has 25 heavy (non-hydrogen) atoms. The molecule has 1 aromatic carbocycles. The van der Waals surface area contributed by atoms with Crippen LogP contribution < -0.4 is 10.2 Å². The van der Waals surface area contributed by atoms with Crippen LogP contribution in [0.2, 0.25) is 0 Å². The fourth-order valence-electron chi connectivity index (χ4n) is 2.59. The van der Waals surface area contributed by atoms with E-state index in [1.165, 1.54) is 4.90 Å². The Kier molecular flexibility index (Phi) is 4.55. The van der Waals surface area contributed by atoms with Crippen LogP contribution in [0.5, 0.6) is 0 Å². The van der Waals surface area contributed by atoms with Crippen molar-refractivity contribution in [2.24, 2.45) is 0 Å². The topological polar surface area (TPSA) is 54.3 Å². The van der Waals surface area contributed by atoms with Crippen molar-refractivity contribution in [3.05, 3.63) is 59.4 Å². The molecule has 1 aliphatic heterocycles. The maximum absolute atomic E-state index is 12.9. The lowest BCUT2D eigenvalue weighted by Crippen LogP contribution is -2.54. The number of anilines is 1. The SMILES string of the molecule is Cc1ccc(N2C(=O)/C(=C\c3ccn(C(C)C)c3)C(=O)NC2=S)cc1. The van der Waals surface area contributed by atoms with Gasteiger partial charge in [-0.05, 0) is 62.8 Å². The van der Waals surface area contributed by atoms with Gasteiger partial charge in [0.05, 0.1) is 5.69 Å². The predicted octanol–water partition coefficient (Wildman–Crippen LogP) is 3.21. The highest BCUT2D eigenvalue weighted by molar-refractivity contribution is 7.80. The fourth-order valence-corrected chi connectivity index (χ4v) is 2.87. The van der Waals surface area contributed by atoms with Crippen LogP contribution in [0.4, 0.5) is 5.69 Å². The van der Waals surface area contributed by atoms with Gasteiger partial charge in [0.15, 0.2) is 5.11 Å². The Morgan fingerprint density at radius 2 is 1.80 bits per heavy atom. The molecule has 0 aliphatic carbocycles. The van der Waals surface area contributed by atoms with Crippen molar-refractivity contribution < 1.29 is 9.59 Å². The van der Waals surface area contributed by atoms with E-state index >= 15 is 0 Å². The molecule has 0 radical (unpaired) electrons. The minimum absolute atomic E-state index is 0.0654. The number of thiocarbonyl (C=S) groups is 1. The maximum atomic E-state index is 12.9. The van der Waals surface area contributed by atoms with Gasteiger partial charge in [-0.2, -0.15) is 0 Å². The summed E-state index contributed by atoms with van der Waals surface area (Å²) in [6, 6.07) is 9.59. The summed E-state index contributed by atoms with van der Waals surface area (Å²) in [5.41, 5.74) is 2.57. The highest BCUT2D eigenvalue weighted by atomic mass is 32.1. The Morgan fingerprint density at radius 1 is 1.12 bits per heavy atom. The third kappa shape index (κ3) is 3.39. The summed E-state index contributed by atoms with van der Waals surface area (Å²) in [6.45, 7) is 6.09. The average molecular weight is 353 g/mol. The van der Waals surface area contributed by atoms with E-state index in [-0.39, 0.29) is 10.7 Å². The smallest absolute Gasteiger partial charge is 0.270 e. The fraction of sp³-hybridized carbons (Fsp3) is 0.211. The van der Waals surface area contributed by atoms with Crippen molar-refractivity contribution in [1.82, 2.24) is 9.88 Å². The normalized spacial score (nSPS) is 16.7. The van der Waals surface area contributed by atoms with Gasteiger partial charge in [0, 0.05) is 18.4 Å². The van der Waals surface area contributed by atoms with Crippen LogP contribution in [-0.2, 0) is 9.59 Å². The Labute approximate surface area is 151 Å². The van der Waals surface area contributed by atoms with Gasteiger partial charge in [-0.1, -0.05) is 17.7 Å². The predicted molar refractivity (Wildman–Crippen MR) is 102 cm³/mol. The van der Waals surface area contributed by atoms with Crippen LogP contribution in [0.15, 0.2) is 48.3 Å². The summed E-state index contributed by atoms with van der Waals surface area (Å²) in [5.74, 6) is -0.898. The third-order valence-electron chi connectivity index (χ3n) is 4.04. The van der Waals surface area contributed by atoms with Crippen LogP contribution in [0.1, 0.15) is 31.0 Å². The van der Waals surface area contributed by atoms with Gasteiger partial charge in [0.1, 0.15) is 5.57 Å². The summed E-state index contributed by atoms with van der Waals surface area (Å²) < 4.78 is 2.01. The van der Waals surface area contributed by atoms with Gasteiger partial charge in [0.25, 0.3) is 11.8 Å². The van der Waals surface area contributed by atoms with E-state index in [9.17, 15) is 9.59 Å². The zero-order valence-electron chi connectivity index (χ0n) is 14.3. The van der Waals surface area contributed by atoms with Crippen LogP contribution >= 0.6 is 12.2 Å². The minimum atomic E-state index is -0.476. The van der Waals surface area contributed by atoms with E-state index in [2.05, 4.69) is 19.2 Å². The lowest BCUT2D eigenvalue weighted by atomic mass is 10.1. The van der Waals surface area contributed by atoms with Crippen molar-refractivity contribution >= 4 is 40.9 Å². The molecule has 5 nitrogen and oxygen atoms in total. The number of rotatable bonds is 3. The second-order valence-corrected chi connectivity index (χ2v) is 6.67. The summed E-state index contributed by atoms with van der Waals surface area (Å²) in [4.78, 5) is 26.5. The van der Waals surface area contributed by atoms with E-state index in [4.69, 9.17) is 12.2 Å². The average Bonchev–Trinajstić information content (AvgIpc) is 3.02. The molecule has 2 amide bonds. The number of amides is 2. The molecule has 2 aromatic rings. The zero-order valence-corrected chi connectivity index (χ0v) is 15.1. The van der Waals surface area contributed by atoms with E-state index in [0.29, 0.717) is 11.7 Å². The molecule has 2 heterocycles. The number of aryl methyl sites for hydroxylation is 1. The molecule has 1 aromatic heterocycles. The summed E-state index contributed by atoms with van der Waals surface area (Å²) in [5, 5.41) is 2.69. The number of hydrogen-bond donors (Lipinski definition) is 1. The Hall–Kier alpha value is -2.73. The molecular weight excluding hydrogens is 334 g/mol. The number of nitrogens with one attached hydrogen (secondary N) is 1. The third-order valence-corrected chi connectivity index (χ3v) is 4.32. The summed E-state index contributed by atoms with van der Waals surface area (Å²) in [6.07, 6.45) is 5.42. The Balaban J connectivity index is 1.97. The minimum Gasteiger partial charge on any atom is -0.351 e. The van der Waals surface area contributed by atoms with E-state index < -0.39 is 11.8 Å². The van der Waals surface area contributed by atoms with Gasteiger partial charge in [-0.25, -0.2) is 0 Å². The number of benzene rings is 1. The molecule has 1 N–H and O–H groups in total. The van der Waals surface area contributed by atoms with Crippen LogP contribution in [0.3, 0.4) is 0 Å². The molecule has 1 aliphatic rings. The van der Waals surface area contributed by atoms with Crippen LogP contribution in [0, 0.1) is 6.92 Å². The number of hydrogen-bond acceptors (Lipinski definition) is 3. The van der Waals surface area contributed by atoms with Gasteiger partial charge >= 0.3 is 0 Å². The molecule has 1 fully saturated rings. The van der Waals surface area contributed by atoms with E-state index in [0.717, 1.165) is 11.1 Å². The first kappa shape index (κ1) is 17.1. The Morgan fingerprint density at radius 3 is 2.40 bits per heavy atom. The summed E-state index contributed by atoms with van der Waals surface area (Å²) in [7, 11) is 0. The van der Waals surface area contributed by atoms with Gasteiger partial charge in [-0.3, -0.25) is 19.8 Å². The van der Waals surface area contributed by atoms with Crippen LogP contribution in [0.25, 0.3) is 6.08 Å². The quantitative estimate of drug-likeness (QED) is 0.524. The van der Waals surface area contributed by atoms with Crippen LogP contribution in [-0.4, -0.2) is 21.5 Å². The van der Waals surface area contributed by atoms with Crippen molar-refractivity contribution in [1.29, 1.82) is 0 Å². The lowest BCUT2D eigenvalue weighted by molar-refractivity contribution is -0.122. The molecule has 0 atom stereocenters. The molecule has 3 rings (SSSR count). The second kappa shape index (κ2) is 6.64.